The normalized spacial score (nSPS) is 12.4. The van der Waals surface area contributed by atoms with Crippen molar-refractivity contribution < 1.29 is 14.9 Å². The van der Waals surface area contributed by atoms with Crippen LogP contribution < -0.4 is 4.74 Å². The zero-order chi connectivity index (χ0) is 29.8. The van der Waals surface area contributed by atoms with E-state index < -0.39 is 12.2 Å². The first kappa shape index (κ1) is 27.8. The molecule has 0 saturated carbocycles. The number of nitrogens with zero attached hydrogens (tertiary/aromatic N) is 3. The van der Waals surface area contributed by atoms with Crippen molar-refractivity contribution in [2.75, 3.05) is 0 Å². The highest BCUT2D eigenvalue weighted by Gasteiger charge is 2.17. The van der Waals surface area contributed by atoms with Gasteiger partial charge in [-0.25, -0.2) is 15.0 Å². The lowest BCUT2D eigenvalue weighted by atomic mass is 10.0. The van der Waals surface area contributed by atoms with Gasteiger partial charge in [0.05, 0.1) is 11.7 Å². The number of ether oxygens (including phenoxy) is 1. The summed E-state index contributed by atoms with van der Waals surface area (Å²) in [6.45, 7) is 3.43. The Labute approximate surface area is 251 Å². The molecule has 0 saturated heterocycles. The summed E-state index contributed by atoms with van der Waals surface area (Å²) in [5.41, 5.74) is 6.55. The Balaban J connectivity index is 1.40. The van der Waals surface area contributed by atoms with E-state index >= 15 is 0 Å². The van der Waals surface area contributed by atoms with Crippen LogP contribution in [0.5, 0.6) is 11.5 Å². The number of hydrogen-bond acceptors (Lipinski definition) is 6. The summed E-state index contributed by atoms with van der Waals surface area (Å²) in [7, 11) is 0. The van der Waals surface area contributed by atoms with Gasteiger partial charge in [0.25, 0.3) is 0 Å². The van der Waals surface area contributed by atoms with Crippen molar-refractivity contribution >= 4 is 0 Å². The van der Waals surface area contributed by atoms with Crippen LogP contribution in [-0.2, 0) is 0 Å². The minimum Gasteiger partial charge on any atom is -0.507 e. The molecule has 6 aromatic rings. The lowest BCUT2D eigenvalue weighted by Gasteiger charge is -2.17. The maximum atomic E-state index is 11.0. The van der Waals surface area contributed by atoms with E-state index in [2.05, 4.69) is 48.5 Å². The van der Waals surface area contributed by atoms with Gasteiger partial charge in [0.1, 0.15) is 17.6 Å². The summed E-state index contributed by atoms with van der Waals surface area (Å²) in [5.74, 6) is 1.74. The Hall–Kier alpha value is -5.33. The van der Waals surface area contributed by atoms with Gasteiger partial charge in [-0.3, -0.25) is 0 Å². The van der Waals surface area contributed by atoms with Crippen molar-refractivity contribution in [1.29, 1.82) is 0 Å². The fourth-order valence-corrected chi connectivity index (χ4v) is 4.73. The van der Waals surface area contributed by atoms with Crippen LogP contribution >= 0.6 is 0 Å². The van der Waals surface area contributed by atoms with Crippen LogP contribution in [0.1, 0.15) is 13.8 Å². The van der Waals surface area contributed by atoms with Gasteiger partial charge in [0, 0.05) is 17.2 Å². The molecule has 1 aromatic heterocycles. The summed E-state index contributed by atoms with van der Waals surface area (Å²) in [5, 5.41) is 20.8. The van der Waals surface area contributed by atoms with Gasteiger partial charge in [-0.1, -0.05) is 109 Å². The number of aromatic nitrogens is 3. The Morgan fingerprint density at radius 1 is 0.512 bits per heavy atom. The van der Waals surface area contributed by atoms with Crippen molar-refractivity contribution in [1.82, 2.24) is 15.0 Å². The fourth-order valence-electron chi connectivity index (χ4n) is 4.73. The van der Waals surface area contributed by atoms with Crippen LogP contribution in [-0.4, -0.2) is 37.4 Å². The van der Waals surface area contributed by atoms with Gasteiger partial charge in [-0.15, -0.1) is 0 Å². The number of phenols is 1. The first-order valence-corrected chi connectivity index (χ1v) is 14.2. The summed E-state index contributed by atoms with van der Waals surface area (Å²) in [6, 6.07) is 41.5. The second-order valence-electron chi connectivity index (χ2n) is 10.4. The largest absolute Gasteiger partial charge is 0.507 e. The van der Waals surface area contributed by atoms with Gasteiger partial charge < -0.3 is 14.9 Å². The summed E-state index contributed by atoms with van der Waals surface area (Å²) in [6.07, 6.45) is -1.09. The van der Waals surface area contributed by atoms with E-state index in [0.717, 1.165) is 33.4 Å². The first-order valence-electron chi connectivity index (χ1n) is 14.2. The van der Waals surface area contributed by atoms with E-state index in [1.54, 1.807) is 26.0 Å². The van der Waals surface area contributed by atoms with Crippen molar-refractivity contribution in [2.24, 2.45) is 0 Å². The lowest BCUT2D eigenvalue weighted by Crippen LogP contribution is -2.25. The van der Waals surface area contributed by atoms with E-state index in [1.165, 1.54) is 6.07 Å². The van der Waals surface area contributed by atoms with Gasteiger partial charge in [-0.2, -0.15) is 0 Å². The van der Waals surface area contributed by atoms with Crippen LogP contribution in [0.2, 0.25) is 0 Å². The molecule has 6 heteroatoms. The molecular formula is C37H31N3O3. The fraction of sp³-hybridized carbons (Fsp3) is 0.108. The molecule has 6 nitrogen and oxygen atoms in total. The second-order valence-corrected chi connectivity index (χ2v) is 10.4. The SMILES string of the molecule is CC(O)C(C)Oc1ccc(-c2nc(-c3ccc(-c4ccccc4)cc3)nc(-c3ccc(-c4ccccc4)cc3)n2)c(O)c1. The third-order valence-electron chi connectivity index (χ3n) is 7.35. The molecule has 0 radical (unpaired) electrons. The van der Waals surface area contributed by atoms with E-state index in [9.17, 15) is 10.2 Å². The summed E-state index contributed by atoms with van der Waals surface area (Å²) >= 11 is 0. The molecule has 2 unspecified atom stereocenters. The smallest absolute Gasteiger partial charge is 0.167 e. The van der Waals surface area contributed by atoms with Gasteiger partial charge in [0.2, 0.25) is 0 Å². The van der Waals surface area contributed by atoms with Crippen LogP contribution in [0.3, 0.4) is 0 Å². The van der Waals surface area contributed by atoms with Crippen LogP contribution in [0.4, 0.5) is 0 Å². The highest BCUT2D eigenvalue weighted by atomic mass is 16.5. The van der Waals surface area contributed by atoms with Crippen molar-refractivity contribution in [3.05, 3.63) is 127 Å². The molecule has 2 atom stereocenters. The number of rotatable bonds is 8. The zero-order valence-corrected chi connectivity index (χ0v) is 23.9. The number of aliphatic hydroxyl groups is 1. The van der Waals surface area contributed by atoms with Crippen molar-refractivity contribution in [3.8, 4) is 67.9 Å². The monoisotopic (exact) mass is 565 g/mol. The maximum Gasteiger partial charge on any atom is 0.167 e. The molecule has 0 aliphatic rings. The van der Waals surface area contributed by atoms with E-state index in [1.807, 2.05) is 60.7 Å². The molecule has 43 heavy (non-hydrogen) atoms. The number of aliphatic hydroxyl groups excluding tert-OH is 1. The third kappa shape index (κ3) is 6.30. The van der Waals surface area contributed by atoms with Gasteiger partial charge >= 0.3 is 0 Å². The standard InChI is InChI=1S/C37H31N3O3/c1-24(41)25(2)43-32-21-22-33(34(42)23-32)37-39-35(30-17-13-28(14-18-30)26-9-5-3-6-10-26)38-36(40-37)31-19-15-29(16-20-31)27-11-7-4-8-12-27/h3-25,41-42H,1-2H3. The predicted molar refractivity (Wildman–Crippen MR) is 170 cm³/mol. The molecule has 0 bridgehead atoms. The van der Waals surface area contributed by atoms with Crippen LogP contribution in [0, 0.1) is 0 Å². The third-order valence-corrected chi connectivity index (χ3v) is 7.35. The number of hydrogen-bond donors (Lipinski definition) is 2. The average Bonchev–Trinajstić information content (AvgIpc) is 3.05. The van der Waals surface area contributed by atoms with E-state index in [4.69, 9.17) is 19.7 Å². The van der Waals surface area contributed by atoms with Gasteiger partial charge in [0.15, 0.2) is 17.5 Å². The summed E-state index contributed by atoms with van der Waals surface area (Å²) < 4.78 is 5.77. The first-order chi connectivity index (χ1) is 20.9. The van der Waals surface area contributed by atoms with Crippen molar-refractivity contribution in [2.45, 2.75) is 26.1 Å². The Kier molecular flexibility index (Phi) is 7.94. The van der Waals surface area contributed by atoms with Crippen LogP contribution in [0.15, 0.2) is 127 Å². The van der Waals surface area contributed by atoms with Crippen LogP contribution in [0.25, 0.3) is 56.4 Å². The Morgan fingerprint density at radius 2 is 0.930 bits per heavy atom. The van der Waals surface area contributed by atoms with Gasteiger partial charge in [-0.05, 0) is 48.2 Å². The molecule has 2 N–H and O–H groups in total. The minimum absolute atomic E-state index is 0.0303. The highest BCUT2D eigenvalue weighted by Crippen LogP contribution is 2.34. The topological polar surface area (TPSA) is 88.4 Å². The number of benzene rings is 5. The maximum absolute atomic E-state index is 11.0. The Morgan fingerprint density at radius 3 is 1.37 bits per heavy atom. The number of phenolic OH excluding ortho intramolecular Hbond substituents is 1. The van der Waals surface area contributed by atoms with E-state index in [0.29, 0.717) is 28.8 Å². The molecule has 0 spiro atoms. The molecule has 6 rings (SSSR count). The highest BCUT2D eigenvalue weighted by molar-refractivity contribution is 5.73. The number of aromatic hydroxyl groups is 1. The second kappa shape index (κ2) is 12.3. The van der Waals surface area contributed by atoms with Crippen molar-refractivity contribution in [3.63, 3.8) is 0 Å². The molecule has 0 aliphatic heterocycles. The average molecular weight is 566 g/mol. The molecule has 1 heterocycles. The molecule has 0 aliphatic carbocycles. The van der Waals surface area contributed by atoms with E-state index in [-0.39, 0.29) is 5.75 Å². The quantitative estimate of drug-likeness (QED) is 0.194. The predicted octanol–water partition coefficient (Wildman–Crippen LogP) is 8.06. The molecule has 212 valence electrons. The zero-order valence-electron chi connectivity index (χ0n) is 23.9. The Bertz CT molecular complexity index is 1720. The molecular weight excluding hydrogens is 534 g/mol. The molecule has 0 fully saturated rings. The molecule has 5 aromatic carbocycles. The minimum atomic E-state index is -0.656. The lowest BCUT2D eigenvalue weighted by molar-refractivity contribution is 0.0603. The molecule has 0 amide bonds. The summed E-state index contributed by atoms with van der Waals surface area (Å²) in [4.78, 5) is 14.4.